The fourth-order valence-corrected chi connectivity index (χ4v) is 5.11. The first-order valence-electron chi connectivity index (χ1n) is 10.8. The Morgan fingerprint density at radius 2 is 1.52 bits per heavy atom. The molecular weight excluding hydrogens is 432 g/mol. The van der Waals surface area contributed by atoms with Crippen LogP contribution in [0.2, 0.25) is 0 Å². The summed E-state index contributed by atoms with van der Waals surface area (Å²) in [6.07, 6.45) is 1.89. The molecule has 1 aliphatic rings. The van der Waals surface area contributed by atoms with E-state index in [1.165, 1.54) is 18.3 Å². The van der Waals surface area contributed by atoms with E-state index in [0.717, 1.165) is 22.5 Å². The molecule has 0 radical (unpaired) electrons. The Morgan fingerprint density at radius 3 is 2.03 bits per heavy atom. The van der Waals surface area contributed by atoms with Crippen molar-refractivity contribution in [3.05, 3.63) is 90.6 Å². The second kappa shape index (κ2) is 8.83. The number of carbonyl (C=O) groups is 1. The zero-order chi connectivity index (χ0) is 23.9. The molecule has 0 amide bonds. The van der Waals surface area contributed by atoms with E-state index in [-0.39, 0.29) is 11.3 Å². The Bertz CT molecular complexity index is 1410. The number of anilines is 2. The van der Waals surface area contributed by atoms with Crippen LogP contribution in [0.4, 0.5) is 11.4 Å². The summed E-state index contributed by atoms with van der Waals surface area (Å²) in [5.41, 5.74) is 5.06. The van der Waals surface area contributed by atoms with Crippen LogP contribution in [0.5, 0.6) is 0 Å². The van der Waals surface area contributed by atoms with E-state index < -0.39 is 6.04 Å². The largest absolute Gasteiger partial charge is 0.378 e. The van der Waals surface area contributed by atoms with Gasteiger partial charge in [0.05, 0.1) is 10.6 Å². The number of aromatic nitrogens is 1. The molecule has 0 N–H and O–H groups in total. The number of fused-ring (bicyclic) bond motifs is 1. The second-order valence-electron chi connectivity index (χ2n) is 8.61. The fraction of sp³-hybridized carbons (Fsp3) is 0.269. The highest BCUT2D eigenvalue weighted by molar-refractivity contribution is 7.07. The van der Waals surface area contributed by atoms with Crippen LogP contribution in [0.3, 0.4) is 0 Å². The minimum Gasteiger partial charge on any atom is -0.378 e. The van der Waals surface area contributed by atoms with Crippen molar-refractivity contribution in [2.75, 3.05) is 38.0 Å². The summed E-state index contributed by atoms with van der Waals surface area (Å²) >= 11 is 1.36. The molecule has 0 fully saturated rings. The molecule has 1 atom stereocenters. The molecule has 0 bridgehead atoms. The Labute approximate surface area is 197 Å². The molecule has 170 valence electrons. The van der Waals surface area contributed by atoms with Crippen LogP contribution in [0.25, 0.3) is 6.08 Å². The quantitative estimate of drug-likeness (QED) is 0.588. The summed E-state index contributed by atoms with van der Waals surface area (Å²) in [4.78, 5) is 35.5. The van der Waals surface area contributed by atoms with Crippen LogP contribution in [0.15, 0.2) is 69.6 Å². The number of rotatable bonds is 5. The fourth-order valence-electron chi connectivity index (χ4n) is 4.06. The van der Waals surface area contributed by atoms with E-state index in [9.17, 15) is 9.59 Å². The molecule has 0 saturated heterocycles. The molecule has 1 aliphatic heterocycles. The summed E-state index contributed by atoms with van der Waals surface area (Å²) in [7, 11) is 7.95. The van der Waals surface area contributed by atoms with Gasteiger partial charge in [-0.25, -0.2) is 4.99 Å². The summed E-state index contributed by atoms with van der Waals surface area (Å²) < 4.78 is 2.26. The Kier molecular flexibility index (Phi) is 6.08. The molecule has 2 heterocycles. The van der Waals surface area contributed by atoms with Crippen molar-refractivity contribution in [2.45, 2.75) is 19.9 Å². The summed E-state index contributed by atoms with van der Waals surface area (Å²) in [6.45, 7) is 3.38. The third kappa shape index (κ3) is 4.28. The van der Waals surface area contributed by atoms with E-state index in [1.54, 1.807) is 4.57 Å². The van der Waals surface area contributed by atoms with Crippen molar-refractivity contribution in [3.8, 4) is 0 Å². The highest BCUT2D eigenvalue weighted by Crippen LogP contribution is 2.31. The minimum absolute atomic E-state index is 0.0773. The third-order valence-corrected chi connectivity index (χ3v) is 6.82. The summed E-state index contributed by atoms with van der Waals surface area (Å²) in [5, 5.41) is 0. The van der Waals surface area contributed by atoms with Gasteiger partial charge in [-0.2, -0.15) is 0 Å². The third-order valence-electron chi connectivity index (χ3n) is 5.83. The molecule has 3 aromatic rings. The number of nitrogens with zero attached hydrogens (tertiary/aromatic N) is 4. The van der Waals surface area contributed by atoms with Crippen molar-refractivity contribution < 1.29 is 4.79 Å². The van der Waals surface area contributed by atoms with Crippen LogP contribution in [-0.2, 0) is 4.79 Å². The van der Waals surface area contributed by atoms with Gasteiger partial charge >= 0.3 is 0 Å². The predicted octanol–water partition coefficient (Wildman–Crippen LogP) is 2.96. The van der Waals surface area contributed by atoms with Gasteiger partial charge in [0.1, 0.15) is 0 Å². The smallest absolute Gasteiger partial charge is 0.271 e. The lowest BCUT2D eigenvalue weighted by atomic mass is 9.93. The highest BCUT2D eigenvalue weighted by atomic mass is 32.1. The molecule has 0 spiro atoms. The van der Waals surface area contributed by atoms with Crippen LogP contribution < -0.4 is 24.7 Å². The maximum atomic E-state index is 13.6. The van der Waals surface area contributed by atoms with Gasteiger partial charge in [-0.3, -0.25) is 14.2 Å². The van der Waals surface area contributed by atoms with Crippen molar-refractivity contribution in [3.63, 3.8) is 0 Å². The normalized spacial score (nSPS) is 15.8. The zero-order valence-corrected chi connectivity index (χ0v) is 20.6. The Morgan fingerprint density at radius 1 is 0.970 bits per heavy atom. The van der Waals surface area contributed by atoms with E-state index in [2.05, 4.69) is 4.99 Å². The first kappa shape index (κ1) is 22.7. The van der Waals surface area contributed by atoms with Crippen molar-refractivity contribution in [2.24, 2.45) is 4.99 Å². The number of benzene rings is 2. The predicted molar refractivity (Wildman–Crippen MR) is 136 cm³/mol. The molecule has 0 aliphatic carbocycles. The van der Waals surface area contributed by atoms with E-state index in [1.807, 2.05) is 99.5 Å². The average Bonchev–Trinajstić information content (AvgIpc) is 3.07. The van der Waals surface area contributed by atoms with E-state index in [0.29, 0.717) is 20.6 Å². The first-order valence-corrected chi connectivity index (χ1v) is 11.6. The lowest BCUT2D eigenvalue weighted by molar-refractivity contribution is -0.114. The first-order chi connectivity index (χ1) is 15.7. The average molecular weight is 461 g/mol. The molecule has 6 nitrogen and oxygen atoms in total. The van der Waals surface area contributed by atoms with Gasteiger partial charge in [0.25, 0.3) is 5.56 Å². The molecule has 0 unspecified atom stereocenters. The molecule has 2 aromatic carbocycles. The second-order valence-corrected chi connectivity index (χ2v) is 9.62. The monoisotopic (exact) mass is 460 g/mol. The maximum Gasteiger partial charge on any atom is 0.271 e. The number of allylic oxidation sites excluding steroid dienone is 2. The van der Waals surface area contributed by atoms with Gasteiger partial charge in [0, 0.05) is 50.8 Å². The number of Topliss-reactive ketones (excluding diaryl/α,β-unsaturated/α-hetero) is 1. The SMILES string of the molecule is CC(=O)C1=C(C)N=c2s/c(=C\c3ccc(N(C)C)cc3)c(=O)n2[C@H]1c1ccc(N(C)C)cc1. The molecule has 4 rings (SSSR count). The number of carbonyl (C=O) groups excluding carboxylic acids is 1. The number of thiazole rings is 1. The summed E-state index contributed by atoms with van der Waals surface area (Å²) in [5.74, 6) is -0.0773. The molecule has 1 aromatic heterocycles. The number of hydrogen-bond donors (Lipinski definition) is 0. The van der Waals surface area contributed by atoms with Crippen molar-refractivity contribution in [1.82, 2.24) is 4.57 Å². The molecular formula is C26H28N4O2S. The Hall–Kier alpha value is -3.45. The van der Waals surface area contributed by atoms with Crippen molar-refractivity contribution in [1.29, 1.82) is 0 Å². The van der Waals surface area contributed by atoms with Crippen LogP contribution in [0.1, 0.15) is 31.0 Å². The van der Waals surface area contributed by atoms with Gasteiger partial charge < -0.3 is 9.80 Å². The Balaban J connectivity index is 1.88. The van der Waals surface area contributed by atoms with E-state index in [4.69, 9.17) is 0 Å². The van der Waals surface area contributed by atoms with Gasteiger partial charge in [-0.15, -0.1) is 0 Å². The lowest BCUT2D eigenvalue weighted by Gasteiger charge is -2.25. The zero-order valence-electron chi connectivity index (χ0n) is 19.8. The van der Waals surface area contributed by atoms with Crippen molar-refractivity contribution >= 4 is 34.6 Å². The minimum atomic E-state index is -0.492. The number of ketones is 1. The van der Waals surface area contributed by atoms with Crippen LogP contribution in [-0.4, -0.2) is 38.5 Å². The molecule has 7 heteroatoms. The van der Waals surface area contributed by atoms with Gasteiger partial charge in [0.2, 0.25) is 0 Å². The van der Waals surface area contributed by atoms with E-state index >= 15 is 0 Å². The highest BCUT2D eigenvalue weighted by Gasteiger charge is 2.30. The van der Waals surface area contributed by atoms with Crippen LogP contribution >= 0.6 is 11.3 Å². The molecule has 33 heavy (non-hydrogen) atoms. The maximum absolute atomic E-state index is 13.6. The standard InChI is InChI=1S/C26H28N4O2S/c1-16-23(17(2)31)24(19-9-13-21(14-10-19)29(5)6)30-25(32)22(33-26(30)27-16)15-18-7-11-20(12-8-18)28(3)4/h7-15,24H,1-6H3/b22-15-/t24-/m0/s1. The number of hydrogen-bond acceptors (Lipinski definition) is 6. The van der Waals surface area contributed by atoms with Gasteiger partial charge in [-0.05, 0) is 55.3 Å². The topological polar surface area (TPSA) is 57.9 Å². The summed E-state index contributed by atoms with van der Waals surface area (Å²) in [6, 6.07) is 15.5. The van der Waals surface area contributed by atoms with Crippen LogP contribution in [0, 0.1) is 0 Å². The molecule has 0 saturated carbocycles. The lowest BCUT2D eigenvalue weighted by Crippen LogP contribution is -2.39. The van der Waals surface area contributed by atoms with Gasteiger partial charge in [-0.1, -0.05) is 35.6 Å². The van der Waals surface area contributed by atoms with Gasteiger partial charge in [0.15, 0.2) is 10.6 Å².